The Bertz CT molecular complexity index is 493. The van der Waals surface area contributed by atoms with Gasteiger partial charge in [-0.3, -0.25) is 4.79 Å². The van der Waals surface area contributed by atoms with E-state index in [1.165, 1.54) is 11.3 Å². The lowest BCUT2D eigenvalue weighted by Crippen LogP contribution is -2.19. The highest BCUT2D eigenvalue weighted by Gasteiger charge is 2.11. The number of aliphatic carboxylic acids is 1. The first kappa shape index (κ1) is 12.1. The Balaban J connectivity index is 1.97. The second-order valence-corrected chi connectivity index (χ2v) is 5.44. The number of anilines is 1. The summed E-state index contributed by atoms with van der Waals surface area (Å²) in [7, 11) is 0. The Morgan fingerprint density at radius 3 is 3.06 bits per heavy atom. The van der Waals surface area contributed by atoms with Crippen molar-refractivity contribution in [3.05, 3.63) is 22.9 Å². The zero-order valence-electron chi connectivity index (χ0n) is 9.21. The van der Waals surface area contributed by atoms with Crippen molar-refractivity contribution < 1.29 is 9.90 Å². The van der Waals surface area contributed by atoms with Gasteiger partial charge in [-0.25, -0.2) is 4.98 Å². The number of thiazole rings is 1. The predicted molar refractivity (Wildman–Crippen MR) is 70.7 cm³/mol. The molecule has 0 bridgehead atoms. The number of carboxylic acids is 1. The summed E-state index contributed by atoms with van der Waals surface area (Å²) < 4.78 is 0. The molecular weight excluding hydrogens is 256 g/mol. The number of carboxylic acid groups (broad SMARTS) is 1. The quantitative estimate of drug-likeness (QED) is 0.875. The number of nitrogens with one attached hydrogen (secondary N) is 1. The minimum atomic E-state index is -0.799. The van der Waals surface area contributed by atoms with Crippen molar-refractivity contribution in [1.29, 1.82) is 0 Å². The highest BCUT2D eigenvalue weighted by molar-refractivity contribution is 7.15. The number of aromatic nitrogens is 1. The molecule has 1 atom stereocenters. The van der Waals surface area contributed by atoms with Crippen LogP contribution in [0.3, 0.4) is 0 Å². The standard InChI is InChI=1S/C11H12N2O2S2/c1-7(10(14)15)5-12-11-13-8(6-17-11)9-3-2-4-16-9/h2-4,6-7H,5H2,1H3,(H,12,13)(H,14,15). The molecule has 0 spiro atoms. The molecule has 17 heavy (non-hydrogen) atoms. The molecule has 2 aromatic rings. The van der Waals surface area contributed by atoms with Crippen LogP contribution in [0.25, 0.3) is 10.6 Å². The molecule has 0 radical (unpaired) electrons. The van der Waals surface area contributed by atoms with Crippen LogP contribution < -0.4 is 5.32 Å². The van der Waals surface area contributed by atoms with Gasteiger partial charge in [0.05, 0.1) is 16.5 Å². The van der Waals surface area contributed by atoms with Crippen LogP contribution >= 0.6 is 22.7 Å². The van der Waals surface area contributed by atoms with Gasteiger partial charge in [0, 0.05) is 11.9 Å². The highest BCUT2D eigenvalue weighted by Crippen LogP contribution is 2.28. The third-order valence-electron chi connectivity index (χ3n) is 2.26. The topological polar surface area (TPSA) is 62.2 Å². The summed E-state index contributed by atoms with van der Waals surface area (Å²) >= 11 is 3.13. The summed E-state index contributed by atoms with van der Waals surface area (Å²) in [4.78, 5) is 16.2. The van der Waals surface area contributed by atoms with E-state index < -0.39 is 11.9 Å². The van der Waals surface area contributed by atoms with E-state index in [-0.39, 0.29) is 0 Å². The van der Waals surface area contributed by atoms with Gasteiger partial charge in [-0.2, -0.15) is 0 Å². The zero-order valence-corrected chi connectivity index (χ0v) is 10.8. The van der Waals surface area contributed by atoms with Crippen LogP contribution in [-0.2, 0) is 4.79 Å². The Hall–Kier alpha value is -1.40. The van der Waals surface area contributed by atoms with Gasteiger partial charge in [-0.1, -0.05) is 13.0 Å². The van der Waals surface area contributed by atoms with Crippen LogP contribution in [0.4, 0.5) is 5.13 Å². The first-order valence-corrected chi connectivity index (χ1v) is 6.89. The molecule has 2 heterocycles. The molecule has 90 valence electrons. The van der Waals surface area contributed by atoms with Gasteiger partial charge in [0.25, 0.3) is 0 Å². The molecule has 0 amide bonds. The summed E-state index contributed by atoms with van der Waals surface area (Å²) in [6.07, 6.45) is 0. The van der Waals surface area contributed by atoms with Gasteiger partial charge in [-0.05, 0) is 11.4 Å². The van der Waals surface area contributed by atoms with Crippen LogP contribution in [0.1, 0.15) is 6.92 Å². The van der Waals surface area contributed by atoms with Gasteiger partial charge in [-0.15, -0.1) is 22.7 Å². The molecule has 1 unspecified atom stereocenters. The lowest BCUT2D eigenvalue weighted by atomic mass is 10.2. The number of rotatable bonds is 5. The minimum Gasteiger partial charge on any atom is -0.481 e. The highest BCUT2D eigenvalue weighted by atomic mass is 32.1. The van der Waals surface area contributed by atoms with E-state index in [0.717, 1.165) is 15.7 Å². The fourth-order valence-electron chi connectivity index (χ4n) is 1.22. The Labute approximate surface area is 107 Å². The second-order valence-electron chi connectivity index (χ2n) is 3.64. The summed E-state index contributed by atoms with van der Waals surface area (Å²) in [6, 6.07) is 4.00. The molecule has 0 aliphatic carbocycles. The third-order valence-corrected chi connectivity index (χ3v) is 3.95. The Morgan fingerprint density at radius 1 is 1.59 bits per heavy atom. The van der Waals surface area contributed by atoms with Crippen LogP contribution in [-0.4, -0.2) is 22.6 Å². The summed E-state index contributed by atoms with van der Waals surface area (Å²) in [6.45, 7) is 2.07. The molecule has 0 saturated carbocycles. The number of hydrogen-bond donors (Lipinski definition) is 2. The number of nitrogens with zero attached hydrogens (tertiary/aromatic N) is 1. The first-order valence-electron chi connectivity index (χ1n) is 5.13. The summed E-state index contributed by atoms with van der Waals surface area (Å²) in [5.74, 6) is -1.21. The van der Waals surface area contributed by atoms with E-state index in [4.69, 9.17) is 5.11 Å². The van der Waals surface area contributed by atoms with Gasteiger partial charge in [0.15, 0.2) is 5.13 Å². The molecule has 6 heteroatoms. The van der Waals surface area contributed by atoms with Crippen molar-refractivity contribution in [2.24, 2.45) is 5.92 Å². The average molecular weight is 268 g/mol. The maximum absolute atomic E-state index is 10.7. The second kappa shape index (κ2) is 5.29. The average Bonchev–Trinajstić information content (AvgIpc) is 2.95. The van der Waals surface area contributed by atoms with Crippen LogP contribution in [0, 0.1) is 5.92 Å². The summed E-state index contributed by atoms with van der Waals surface area (Å²) in [5, 5.41) is 16.5. The minimum absolute atomic E-state index is 0.396. The van der Waals surface area contributed by atoms with Gasteiger partial charge in [0.2, 0.25) is 0 Å². The molecule has 2 aromatic heterocycles. The zero-order chi connectivity index (χ0) is 12.3. The van der Waals surface area contributed by atoms with E-state index in [9.17, 15) is 4.79 Å². The van der Waals surface area contributed by atoms with Crippen LogP contribution in [0.5, 0.6) is 0 Å². The molecular formula is C11H12N2O2S2. The van der Waals surface area contributed by atoms with Gasteiger partial charge < -0.3 is 10.4 Å². The lowest BCUT2D eigenvalue weighted by Gasteiger charge is -2.05. The van der Waals surface area contributed by atoms with Crippen molar-refractivity contribution in [1.82, 2.24) is 4.98 Å². The smallest absolute Gasteiger partial charge is 0.308 e. The van der Waals surface area contributed by atoms with Crippen molar-refractivity contribution in [2.45, 2.75) is 6.92 Å². The maximum Gasteiger partial charge on any atom is 0.308 e. The summed E-state index contributed by atoms with van der Waals surface area (Å²) in [5.41, 5.74) is 0.940. The van der Waals surface area contributed by atoms with E-state index in [1.54, 1.807) is 18.3 Å². The normalized spacial score (nSPS) is 12.3. The van der Waals surface area contributed by atoms with E-state index >= 15 is 0 Å². The lowest BCUT2D eigenvalue weighted by molar-refractivity contribution is -0.140. The Kier molecular flexibility index (Phi) is 3.75. The maximum atomic E-state index is 10.7. The molecule has 0 aliphatic heterocycles. The van der Waals surface area contributed by atoms with Gasteiger partial charge in [0.1, 0.15) is 0 Å². The van der Waals surface area contributed by atoms with Crippen molar-refractivity contribution in [2.75, 3.05) is 11.9 Å². The van der Waals surface area contributed by atoms with Crippen molar-refractivity contribution in [3.63, 3.8) is 0 Å². The largest absolute Gasteiger partial charge is 0.481 e. The molecule has 0 saturated heterocycles. The van der Waals surface area contributed by atoms with Crippen LogP contribution in [0.15, 0.2) is 22.9 Å². The van der Waals surface area contributed by atoms with Crippen LogP contribution in [0.2, 0.25) is 0 Å². The van der Waals surface area contributed by atoms with Crippen molar-refractivity contribution >= 4 is 33.8 Å². The first-order chi connectivity index (χ1) is 8.16. The number of carbonyl (C=O) groups is 1. The molecule has 0 aromatic carbocycles. The number of hydrogen-bond acceptors (Lipinski definition) is 5. The van der Waals surface area contributed by atoms with E-state index in [2.05, 4.69) is 10.3 Å². The number of thiophene rings is 1. The molecule has 0 fully saturated rings. The fraction of sp³-hybridized carbons (Fsp3) is 0.273. The fourth-order valence-corrected chi connectivity index (χ4v) is 2.70. The molecule has 2 rings (SSSR count). The van der Waals surface area contributed by atoms with E-state index in [1.807, 2.05) is 22.9 Å². The monoisotopic (exact) mass is 268 g/mol. The molecule has 0 aliphatic rings. The third kappa shape index (κ3) is 3.04. The predicted octanol–water partition coefficient (Wildman–Crippen LogP) is 3.00. The SMILES string of the molecule is CC(CNc1nc(-c2cccs2)cs1)C(=O)O. The Morgan fingerprint density at radius 2 is 2.41 bits per heavy atom. The molecule has 2 N–H and O–H groups in total. The van der Waals surface area contributed by atoms with Gasteiger partial charge >= 0.3 is 5.97 Å². The van der Waals surface area contributed by atoms with Crippen molar-refractivity contribution in [3.8, 4) is 10.6 Å². The van der Waals surface area contributed by atoms with E-state index in [0.29, 0.717) is 6.54 Å². The molecule has 4 nitrogen and oxygen atoms in total.